The zero-order valence-corrected chi connectivity index (χ0v) is 13.5. The van der Waals surface area contributed by atoms with Crippen molar-refractivity contribution in [1.82, 2.24) is 10.9 Å². The second-order valence-corrected chi connectivity index (χ2v) is 6.79. The molecule has 2 N–H and O–H groups in total. The number of fused-ring (bicyclic) bond motifs is 2. The van der Waals surface area contributed by atoms with E-state index in [9.17, 15) is 9.59 Å². The Bertz CT molecular complexity index is 587. The Morgan fingerprint density at radius 1 is 1.13 bits per heavy atom. The van der Waals surface area contributed by atoms with Gasteiger partial charge in [-0.05, 0) is 55.6 Å². The van der Waals surface area contributed by atoms with Gasteiger partial charge in [-0.15, -0.1) is 0 Å². The molecule has 0 aliphatic heterocycles. The number of amides is 2. The summed E-state index contributed by atoms with van der Waals surface area (Å²) >= 11 is 0. The number of para-hydroxylation sites is 1. The Balaban J connectivity index is 1.35. The Hall–Kier alpha value is -2.04. The average molecular weight is 316 g/mol. The van der Waals surface area contributed by atoms with E-state index in [1.807, 2.05) is 31.2 Å². The predicted molar refractivity (Wildman–Crippen MR) is 86.5 cm³/mol. The van der Waals surface area contributed by atoms with Crippen LogP contribution >= 0.6 is 0 Å². The molecule has 2 aliphatic rings. The summed E-state index contributed by atoms with van der Waals surface area (Å²) in [6.07, 6.45) is 5.56. The summed E-state index contributed by atoms with van der Waals surface area (Å²) in [6.45, 7) is 1.81. The molecule has 0 saturated heterocycles. The molecular formula is C18H24N2O3. The first-order valence-electron chi connectivity index (χ1n) is 8.38. The maximum atomic E-state index is 11.9. The van der Waals surface area contributed by atoms with Crippen molar-refractivity contribution in [3.05, 3.63) is 29.8 Å². The molecule has 3 rings (SSSR count). The van der Waals surface area contributed by atoms with Crippen molar-refractivity contribution >= 4 is 11.8 Å². The molecule has 0 spiro atoms. The maximum absolute atomic E-state index is 11.9. The number of aryl methyl sites for hydroxylation is 1. The van der Waals surface area contributed by atoms with Gasteiger partial charge in [0.05, 0.1) is 0 Å². The van der Waals surface area contributed by atoms with E-state index >= 15 is 0 Å². The molecule has 5 nitrogen and oxygen atoms in total. The maximum Gasteiger partial charge on any atom is 0.276 e. The van der Waals surface area contributed by atoms with E-state index in [-0.39, 0.29) is 18.4 Å². The number of ether oxygens (including phenoxy) is 1. The Kier molecular flexibility index (Phi) is 4.84. The monoisotopic (exact) mass is 316 g/mol. The minimum Gasteiger partial charge on any atom is -0.483 e. The fraction of sp³-hybridized carbons (Fsp3) is 0.556. The third-order valence-electron chi connectivity index (χ3n) is 5.13. The molecule has 2 bridgehead atoms. The lowest BCUT2D eigenvalue weighted by molar-refractivity contribution is -0.130. The van der Waals surface area contributed by atoms with E-state index in [0.717, 1.165) is 11.5 Å². The lowest BCUT2D eigenvalue weighted by Gasteiger charge is -2.20. The van der Waals surface area contributed by atoms with Crippen molar-refractivity contribution in [2.45, 2.75) is 39.0 Å². The molecule has 2 aliphatic carbocycles. The standard InChI is InChI=1S/C18H24N2O3/c1-12-4-2-3-5-16(12)23-11-18(22)20-19-17(21)10-15-9-13-6-7-14(15)8-13/h2-5,13-15H,6-11H2,1H3,(H,19,21)(H,20,22)/t13-,14+,15-/m0/s1. The number of nitrogens with one attached hydrogen (secondary N) is 2. The van der Waals surface area contributed by atoms with Crippen LogP contribution in [0.1, 0.15) is 37.7 Å². The molecule has 23 heavy (non-hydrogen) atoms. The summed E-state index contributed by atoms with van der Waals surface area (Å²) in [5.41, 5.74) is 5.90. The fourth-order valence-electron chi connectivity index (χ4n) is 3.95. The molecular weight excluding hydrogens is 292 g/mol. The van der Waals surface area contributed by atoms with Crippen LogP contribution in [0.2, 0.25) is 0 Å². The summed E-state index contributed by atoms with van der Waals surface area (Å²) in [5.74, 6) is 2.26. The lowest BCUT2D eigenvalue weighted by Crippen LogP contribution is -2.44. The first-order valence-corrected chi connectivity index (χ1v) is 8.38. The number of benzene rings is 1. The minimum absolute atomic E-state index is 0.105. The third-order valence-corrected chi connectivity index (χ3v) is 5.13. The van der Waals surface area contributed by atoms with Crippen molar-refractivity contribution in [2.24, 2.45) is 17.8 Å². The van der Waals surface area contributed by atoms with Gasteiger partial charge in [0.25, 0.3) is 5.91 Å². The molecule has 1 aromatic carbocycles. The minimum atomic E-state index is -0.352. The number of hydrogen-bond donors (Lipinski definition) is 2. The van der Waals surface area contributed by atoms with Gasteiger partial charge < -0.3 is 4.74 Å². The van der Waals surface area contributed by atoms with Crippen molar-refractivity contribution in [3.63, 3.8) is 0 Å². The number of carbonyl (C=O) groups excluding carboxylic acids is 2. The van der Waals surface area contributed by atoms with E-state index in [2.05, 4.69) is 10.9 Å². The van der Waals surface area contributed by atoms with Crippen molar-refractivity contribution in [1.29, 1.82) is 0 Å². The molecule has 124 valence electrons. The Morgan fingerprint density at radius 3 is 2.61 bits per heavy atom. The largest absolute Gasteiger partial charge is 0.483 e. The predicted octanol–water partition coefficient (Wildman–Crippen LogP) is 2.35. The molecule has 3 atom stereocenters. The van der Waals surface area contributed by atoms with Gasteiger partial charge in [0, 0.05) is 6.42 Å². The van der Waals surface area contributed by atoms with Crippen LogP contribution in [0.5, 0.6) is 5.75 Å². The molecule has 0 heterocycles. The van der Waals surface area contributed by atoms with Crippen molar-refractivity contribution in [2.75, 3.05) is 6.61 Å². The van der Waals surface area contributed by atoms with E-state index in [0.29, 0.717) is 24.0 Å². The van der Waals surface area contributed by atoms with Gasteiger partial charge in [-0.25, -0.2) is 0 Å². The highest BCUT2D eigenvalue weighted by Crippen LogP contribution is 2.49. The van der Waals surface area contributed by atoms with Gasteiger partial charge in [0.1, 0.15) is 5.75 Å². The molecule has 5 heteroatoms. The molecule has 2 saturated carbocycles. The van der Waals surface area contributed by atoms with Crippen LogP contribution in [0.25, 0.3) is 0 Å². The molecule has 2 amide bonds. The smallest absolute Gasteiger partial charge is 0.276 e. The van der Waals surface area contributed by atoms with Gasteiger partial charge in [0.2, 0.25) is 5.91 Å². The van der Waals surface area contributed by atoms with E-state index in [1.165, 1.54) is 25.7 Å². The number of hydrazine groups is 1. The second-order valence-electron chi connectivity index (χ2n) is 6.79. The van der Waals surface area contributed by atoms with E-state index in [1.54, 1.807) is 0 Å². The Labute approximate surface area is 136 Å². The van der Waals surface area contributed by atoms with Gasteiger partial charge in [0.15, 0.2) is 6.61 Å². The van der Waals surface area contributed by atoms with Crippen LogP contribution in [0.15, 0.2) is 24.3 Å². The van der Waals surface area contributed by atoms with Crippen LogP contribution in [0.4, 0.5) is 0 Å². The first kappa shape index (κ1) is 15.8. The zero-order chi connectivity index (χ0) is 16.2. The number of carbonyl (C=O) groups is 2. The summed E-state index contributed by atoms with van der Waals surface area (Å²) in [7, 11) is 0. The second kappa shape index (κ2) is 7.02. The lowest BCUT2D eigenvalue weighted by atomic mass is 9.86. The highest BCUT2D eigenvalue weighted by atomic mass is 16.5. The quantitative estimate of drug-likeness (QED) is 0.819. The van der Waals surface area contributed by atoms with Crippen molar-refractivity contribution < 1.29 is 14.3 Å². The molecule has 0 radical (unpaired) electrons. The molecule has 0 aromatic heterocycles. The normalized spacial score (nSPS) is 25.2. The Morgan fingerprint density at radius 2 is 1.91 bits per heavy atom. The van der Waals surface area contributed by atoms with E-state index in [4.69, 9.17) is 4.74 Å². The highest BCUT2D eigenvalue weighted by Gasteiger charge is 2.40. The van der Waals surface area contributed by atoms with Gasteiger partial charge in [-0.2, -0.15) is 0 Å². The highest BCUT2D eigenvalue weighted by molar-refractivity contribution is 5.82. The molecule has 0 unspecified atom stereocenters. The zero-order valence-electron chi connectivity index (χ0n) is 13.5. The first-order chi connectivity index (χ1) is 11.1. The van der Waals surface area contributed by atoms with Gasteiger partial charge >= 0.3 is 0 Å². The van der Waals surface area contributed by atoms with Crippen LogP contribution in [-0.2, 0) is 9.59 Å². The van der Waals surface area contributed by atoms with Gasteiger partial charge in [-0.3, -0.25) is 20.4 Å². The molecule has 1 aromatic rings. The summed E-state index contributed by atoms with van der Waals surface area (Å²) < 4.78 is 5.44. The number of rotatable bonds is 5. The summed E-state index contributed by atoms with van der Waals surface area (Å²) in [5, 5.41) is 0. The topological polar surface area (TPSA) is 67.4 Å². The SMILES string of the molecule is Cc1ccccc1OCC(=O)NNC(=O)C[C@@H]1C[C@H]2CC[C@@H]1C2. The fourth-order valence-corrected chi connectivity index (χ4v) is 3.95. The van der Waals surface area contributed by atoms with Crippen LogP contribution < -0.4 is 15.6 Å². The third kappa shape index (κ3) is 4.03. The average Bonchev–Trinajstić information content (AvgIpc) is 3.15. The van der Waals surface area contributed by atoms with Crippen LogP contribution in [-0.4, -0.2) is 18.4 Å². The van der Waals surface area contributed by atoms with Crippen LogP contribution in [0, 0.1) is 24.7 Å². The van der Waals surface area contributed by atoms with Gasteiger partial charge in [-0.1, -0.05) is 24.6 Å². The summed E-state index contributed by atoms with van der Waals surface area (Å²) in [6, 6.07) is 7.51. The number of hydrogen-bond acceptors (Lipinski definition) is 3. The molecule has 2 fully saturated rings. The summed E-state index contributed by atoms with van der Waals surface area (Å²) in [4.78, 5) is 23.7. The van der Waals surface area contributed by atoms with E-state index < -0.39 is 0 Å². The van der Waals surface area contributed by atoms with Crippen LogP contribution in [0.3, 0.4) is 0 Å². The van der Waals surface area contributed by atoms with Crippen molar-refractivity contribution in [3.8, 4) is 5.75 Å².